The van der Waals surface area contributed by atoms with Crippen molar-refractivity contribution in [3.63, 3.8) is 0 Å². The van der Waals surface area contributed by atoms with E-state index in [0.29, 0.717) is 23.2 Å². The van der Waals surface area contributed by atoms with Crippen molar-refractivity contribution in [3.05, 3.63) is 82.9 Å². The van der Waals surface area contributed by atoms with E-state index in [1.165, 1.54) is 11.8 Å². The average Bonchev–Trinajstić information content (AvgIpc) is 3.49. The van der Waals surface area contributed by atoms with E-state index in [4.69, 9.17) is 13.6 Å². The predicted molar refractivity (Wildman–Crippen MR) is 117 cm³/mol. The minimum absolute atomic E-state index is 0.0135. The molecule has 3 aromatic heterocycles. The molecule has 0 radical (unpaired) electrons. The number of rotatable bonds is 9. The van der Waals surface area contributed by atoms with Crippen molar-refractivity contribution in [1.82, 2.24) is 14.8 Å². The SMILES string of the molecule is Cc1cccc(OCc2nnc(SCC(=O)c3cc(C)n(Cc4ccco4)c3C)o2)c1. The lowest BCUT2D eigenvalue weighted by Gasteiger charge is -2.07. The maximum Gasteiger partial charge on any atom is 0.277 e. The summed E-state index contributed by atoms with van der Waals surface area (Å²) in [4.78, 5) is 12.8. The van der Waals surface area contributed by atoms with Gasteiger partial charge in [-0.1, -0.05) is 23.9 Å². The summed E-state index contributed by atoms with van der Waals surface area (Å²) in [5.41, 5.74) is 3.73. The van der Waals surface area contributed by atoms with Gasteiger partial charge >= 0.3 is 0 Å². The molecular formula is C23H23N3O4S. The predicted octanol–water partition coefficient (Wildman–Crippen LogP) is 4.99. The Morgan fingerprint density at radius 3 is 2.77 bits per heavy atom. The van der Waals surface area contributed by atoms with Gasteiger partial charge in [0, 0.05) is 17.0 Å². The van der Waals surface area contributed by atoms with E-state index in [9.17, 15) is 4.79 Å². The van der Waals surface area contributed by atoms with Crippen LogP contribution >= 0.6 is 11.8 Å². The van der Waals surface area contributed by atoms with Gasteiger partial charge < -0.3 is 18.1 Å². The monoisotopic (exact) mass is 437 g/mol. The Kier molecular flexibility index (Phi) is 6.27. The van der Waals surface area contributed by atoms with E-state index in [2.05, 4.69) is 14.8 Å². The lowest BCUT2D eigenvalue weighted by atomic mass is 10.2. The van der Waals surface area contributed by atoms with Crippen LogP contribution in [0.1, 0.15) is 39.0 Å². The highest BCUT2D eigenvalue weighted by molar-refractivity contribution is 7.99. The molecule has 160 valence electrons. The standard InChI is InChI=1S/C23H23N3O4S/c1-15-6-4-7-18(10-15)29-13-22-24-25-23(30-22)31-14-21(27)20-11-16(2)26(17(20)3)12-19-8-5-9-28-19/h4-11H,12-14H2,1-3H3. The molecule has 0 saturated heterocycles. The van der Waals surface area contributed by atoms with Crippen LogP contribution in [-0.4, -0.2) is 26.3 Å². The van der Waals surface area contributed by atoms with Crippen LogP contribution in [0.4, 0.5) is 0 Å². The molecule has 8 heteroatoms. The van der Waals surface area contributed by atoms with Crippen molar-refractivity contribution in [1.29, 1.82) is 0 Å². The minimum atomic E-state index is 0.0135. The number of benzene rings is 1. The van der Waals surface area contributed by atoms with Crippen LogP contribution in [0.5, 0.6) is 5.75 Å². The molecule has 0 atom stereocenters. The smallest absolute Gasteiger partial charge is 0.277 e. The van der Waals surface area contributed by atoms with Crippen LogP contribution in [0.15, 0.2) is 62.8 Å². The van der Waals surface area contributed by atoms with E-state index in [1.54, 1.807) is 6.26 Å². The summed E-state index contributed by atoms with van der Waals surface area (Å²) in [6.45, 7) is 6.71. The Hall–Kier alpha value is -3.26. The maximum atomic E-state index is 12.8. The van der Waals surface area contributed by atoms with Crippen molar-refractivity contribution >= 4 is 17.5 Å². The van der Waals surface area contributed by atoms with Crippen LogP contribution in [0.25, 0.3) is 0 Å². The van der Waals surface area contributed by atoms with Crippen LogP contribution in [-0.2, 0) is 13.2 Å². The normalized spacial score (nSPS) is 11.1. The lowest BCUT2D eigenvalue weighted by molar-refractivity contribution is 0.102. The minimum Gasteiger partial charge on any atom is -0.484 e. The molecule has 31 heavy (non-hydrogen) atoms. The molecule has 0 aliphatic rings. The zero-order valence-electron chi connectivity index (χ0n) is 17.6. The molecular weight excluding hydrogens is 414 g/mol. The number of aryl methyl sites for hydroxylation is 2. The molecule has 0 saturated carbocycles. The first-order valence-electron chi connectivity index (χ1n) is 9.86. The summed E-state index contributed by atoms with van der Waals surface area (Å²) in [5.74, 6) is 2.19. The number of furan rings is 1. The van der Waals surface area contributed by atoms with Gasteiger partial charge in [0.05, 0.1) is 18.6 Å². The number of aromatic nitrogens is 3. The first-order valence-corrected chi connectivity index (χ1v) is 10.8. The Morgan fingerprint density at radius 2 is 2.00 bits per heavy atom. The molecule has 4 aromatic rings. The molecule has 7 nitrogen and oxygen atoms in total. The fourth-order valence-electron chi connectivity index (χ4n) is 3.30. The highest BCUT2D eigenvalue weighted by atomic mass is 32.2. The lowest BCUT2D eigenvalue weighted by Crippen LogP contribution is -2.07. The number of hydrogen-bond acceptors (Lipinski definition) is 7. The number of carbonyl (C=O) groups is 1. The highest BCUT2D eigenvalue weighted by Crippen LogP contribution is 2.23. The topological polar surface area (TPSA) is 83.3 Å². The van der Waals surface area contributed by atoms with Crippen LogP contribution in [0.2, 0.25) is 0 Å². The fraction of sp³-hybridized carbons (Fsp3) is 0.261. The van der Waals surface area contributed by atoms with E-state index in [-0.39, 0.29) is 18.1 Å². The number of carbonyl (C=O) groups excluding carboxylic acids is 1. The quantitative estimate of drug-likeness (QED) is 0.269. The van der Waals surface area contributed by atoms with Crippen molar-refractivity contribution in [2.75, 3.05) is 5.75 Å². The Balaban J connectivity index is 1.34. The molecule has 0 amide bonds. The van der Waals surface area contributed by atoms with Gasteiger partial charge in [-0.3, -0.25) is 4.79 Å². The number of hydrogen-bond donors (Lipinski definition) is 0. The molecule has 0 N–H and O–H groups in total. The molecule has 1 aromatic carbocycles. The Bertz CT molecular complexity index is 1180. The van der Waals surface area contributed by atoms with E-state index < -0.39 is 0 Å². The number of Topliss-reactive ketones (excluding diaryl/α,β-unsaturated/α-hetero) is 1. The van der Waals surface area contributed by atoms with Gasteiger partial charge in [-0.05, 0) is 56.7 Å². The average molecular weight is 438 g/mol. The van der Waals surface area contributed by atoms with Gasteiger partial charge in [-0.15, -0.1) is 10.2 Å². The summed E-state index contributed by atoms with van der Waals surface area (Å²) < 4.78 is 18.8. The van der Waals surface area contributed by atoms with E-state index in [0.717, 1.165) is 28.5 Å². The third-order valence-corrected chi connectivity index (χ3v) is 5.71. The van der Waals surface area contributed by atoms with E-state index >= 15 is 0 Å². The second-order valence-electron chi connectivity index (χ2n) is 7.23. The molecule has 0 unspecified atom stereocenters. The van der Waals surface area contributed by atoms with Crippen molar-refractivity contribution < 1.29 is 18.4 Å². The van der Waals surface area contributed by atoms with Gasteiger partial charge in [0.2, 0.25) is 0 Å². The zero-order valence-corrected chi connectivity index (χ0v) is 18.4. The molecule has 0 aliphatic heterocycles. The zero-order chi connectivity index (χ0) is 21.8. The first-order chi connectivity index (χ1) is 15.0. The molecule has 0 bridgehead atoms. The molecule has 0 aliphatic carbocycles. The number of ether oxygens (including phenoxy) is 1. The van der Waals surface area contributed by atoms with E-state index in [1.807, 2.05) is 63.2 Å². The van der Waals surface area contributed by atoms with Gasteiger partial charge in [0.15, 0.2) is 12.4 Å². The van der Waals surface area contributed by atoms with Crippen molar-refractivity contribution in [3.8, 4) is 5.75 Å². The second kappa shape index (κ2) is 9.26. The third-order valence-electron chi connectivity index (χ3n) is 4.89. The number of ketones is 1. The number of thioether (sulfide) groups is 1. The molecule has 0 fully saturated rings. The van der Waals surface area contributed by atoms with Crippen molar-refractivity contribution in [2.24, 2.45) is 0 Å². The van der Waals surface area contributed by atoms with Gasteiger partial charge in [-0.25, -0.2) is 0 Å². The maximum absolute atomic E-state index is 12.8. The third kappa shape index (κ3) is 5.08. The second-order valence-corrected chi connectivity index (χ2v) is 8.16. The largest absolute Gasteiger partial charge is 0.484 e. The van der Waals surface area contributed by atoms with Gasteiger partial charge in [0.1, 0.15) is 11.5 Å². The fourth-order valence-corrected chi connectivity index (χ4v) is 3.96. The summed E-state index contributed by atoms with van der Waals surface area (Å²) >= 11 is 1.22. The first kappa shape index (κ1) is 21.0. The summed E-state index contributed by atoms with van der Waals surface area (Å²) in [6, 6.07) is 13.4. The van der Waals surface area contributed by atoms with Crippen LogP contribution in [0, 0.1) is 20.8 Å². The highest BCUT2D eigenvalue weighted by Gasteiger charge is 2.18. The summed E-state index contributed by atoms with van der Waals surface area (Å²) in [6.07, 6.45) is 1.65. The Morgan fingerprint density at radius 1 is 1.13 bits per heavy atom. The van der Waals surface area contributed by atoms with Gasteiger partial charge in [-0.2, -0.15) is 0 Å². The van der Waals surface area contributed by atoms with Crippen LogP contribution in [0.3, 0.4) is 0 Å². The summed E-state index contributed by atoms with van der Waals surface area (Å²) in [5, 5.41) is 8.34. The summed E-state index contributed by atoms with van der Waals surface area (Å²) in [7, 11) is 0. The van der Waals surface area contributed by atoms with Crippen LogP contribution < -0.4 is 4.74 Å². The molecule has 0 spiro atoms. The van der Waals surface area contributed by atoms with Gasteiger partial charge in [0.25, 0.3) is 11.1 Å². The Labute approximate surface area is 184 Å². The number of nitrogens with zero attached hydrogens (tertiary/aromatic N) is 3. The van der Waals surface area contributed by atoms with Crippen molar-refractivity contribution in [2.45, 2.75) is 39.1 Å². The molecule has 3 heterocycles. The molecule has 4 rings (SSSR count).